The van der Waals surface area contributed by atoms with Crippen LogP contribution in [0.15, 0.2) is 53.9 Å². The zero-order chi connectivity index (χ0) is 48.3. The second kappa shape index (κ2) is 21.0. The first kappa shape index (κ1) is 49.6. The van der Waals surface area contributed by atoms with E-state index in [9.17, 15) is 4.79 Å². The highest BCUT2D eigenvalue weighted by molar-refractivity contribution is 7.60. The number of hydrogen-bond acceptors (Lipinski definition) is 12. The van der Waals surface area contributed by atoms with Crippen LogP contribution in [0.1, 0.15) is 97.5 Å². The number of nitrogens with one attached hydrogen (secondary N) is 3. The quantitative estimate of drug-likeness (QED) is 0.0860. The molecule has 366 valence electrons. The van der Waals surface area contributed by atoms with Gasteiger partial charge in [0.1, 0.15) is 63.4 Å². The van der Waals surface area contributed by atoms with Gasteiger partial charge >= 0.3 is 6.09 Å². The smallest absolute Gasteiger partial charge is 0.408 e. The fraction of sp³-hybridized carbons (Fsp3) is 0.531. The van der Waals surface area contributed by atoms with Crippen LogP contribution >= 0.6 is 30.3 Å². The predicted octanol–water partition coefficient (Wildman–Crippen LogP) is 10.6. The number of carbonyl (C=O) groups excluding carboxylic acids is 3. The Morgan fingerprint density at radius 3 is 2.51 bits per heavy atom. The summed E-state index contributed by atoms with van der Waals surface area (Å²) in [5.74, 6) is -3.01. The number of thiazole rings is 1. The van der Waals surface area contributed by atoms with Gasteiger partial charge in [0.25, 0.3) is 0 Å². The maximum absolute atomic E-state index is 15.4. The molecule has 0 spiro atoms. The van der Waals surface area contributed by atoms with Crippen LogP contribution in [0.3, 0.4) is 0 Å². The number of allylic oxidation sites excluding steroid dienone is 1. The van der Waals surface area contributed by atoms with Crippen LogP contribution in [0.2, 0.25) is 5.02 Å². The molecule has 3 amide bonds. The molecular weight excluding hydrogens is 937 g/mol. The van der Waals surface area contributed by atoms with Gasteiger partial charge in [0.2, 0.25) is 19.2 Å². The molecule has 2 aromatic carbocycles. The topological polar surface area (TPSA) is 170 Å². The van der Waals surface area contributed by atoms with Crippen molar-refractivity contribution in [3.63, 3.8) is 0 Å². The van der Waals surface area contributed by atoms with Crippen molar-refractivity contribution in [1.82, 2.24) is 25.5 Å². The van der Waals surface area contributed by atoms with Crippen LogP contribution in [0.5, 0.6) is 11.5 Å². The van der Waals surface area contributed by atoms with Crippen LogP contribution in [0, 0.1) is 23.5 Å². The van der Waals surface area contributed by atoms with E-state index in [0.717, 1.165) is 50.7 Å². The minimum absolute atomic E-state index is 0.0230. The first-order chi connectivity index (χ1) is 32.6. The van der Waals surface area contributed by atoms with E-state index in [1.54, 1.807) is 25.1 Å². The van der Waals surface area contributed by atoms with Crippen molar-refractivity contribution in [2.75, 3.05) is 25.6 Å². The van der Waals surface area contributed by atoms with E-state index in [2.05, 4.69) is 16.0 Å². The van der Waals surface area contributed by atoms with Gasteiger partial charge in [-0.2, -0.15) is 0 Å². The lowest BCUT2D eigenvalue weighted by atomic mass is 9.94. The highest BCUT2D eigenvalue weighted by atomic mass is 35.5. The number of aromatic nitrogens is 2. The molecule has 4 heterocycles. The average Bonchev–Trinajstić information content (AvgIpc) is 3.72. The van der Waals surface area contributed by atoms with Gasteiger partial charge in [-0.05, 0) is 102 Å². The molecule has 68 heavy (non-hydrogen) atoms. The van der Waals surface area contributed by atoms with E-state index in [1.165, 1.54) is 29.4 Å². The van der Waals surface area contributed by atoms with Crippen LogP contribution in [-0.2, 0) is 29.6 Å². The number of methoxy groups -OCH3 is 1. The molecule has 0 bridgehead atoms. The van der Waals surface area contributed by atoms with Gasteiger partial charge in [-0.25, -0.2) is 23.5 Å². The van der Waals surface area contributed by atoms with Crippen LogP contribution < -0.4 is 25.4 Å². The molecule has 1 saturated heterocycles. The monoisotopic (exact) mass is 996 g/mol. The molecule has 1 unspecified atom stereocenters. The van der Waals surface area contributed by atoms with Crippen molar-refractivity contribution in [2.24, 2.45) is 11.8 Å². The number of ether oxygens (including phenoxy) is 3. The number of carbonyl (C=O) groups is 3. The summed E-state index contributed by atoms with van der Waals surface area (Å²) in [7, 11) is -2.64. The van der Waals surface area contributed by atoms with Gasteiger partial charge in [0.05, 0.1) is 37.6 Å². The Morgan fingerprint density at radius 1 is 1.04 bits per heavy atom. The minimum atomic E-state index is -4.15. The Labute approximate surface area is 404 Å². The number of amides is 3. The molecule has 2 aliphatic carbocycles. The number of pyridine rings is 1. The maximum atomic E-state index is 15.4. The number of halogens is 3. The third-order valence-corrected chi connectivity index (χ3v) is 17.8. The molecule has 0 radical (unpaired) electrons. The van der Waals surface area contributed by atoms with E-state index in [4.69, 9.17) is 40.3 Å². The zero-order valence-corrected chi connectivity index (χ0v) is 41.5. The van der Waals surface area contributed by atoms with Crippen molar-refractivity contribution in [3.8, 4) is 22.9 Å². The standard InChI is InChI=1S/C49H60ClF2N6O8PS/c1-6-64-67(62,26-34-35(51)18-13-19-36(34)52)49-24-30(49)15-10-8-7-9-14-29(4)43(56-48(61)66-31-16-11-12-17-31)46(60)58-25-32(22-39(58)45(59)57-49)65-41-23-37(38-27-68-47(55-38)53-28(2)3)54-44-33(41)20-21-40(63-5)42(44)50/h10,13,15,18-21,23,27-32,39,43H,6-9,11-12,14,16-17,22,24-26H2,1-5H3,(H,53,55)(H,56,61)(H,57,59)/b15-10-/t29-,30-,32-,39+,43+,49+,67?/m1/s1. The van der Waals surface area contributed by atoms with Crippen molar-refractivity contribution in [3.05, 3.63) is 76.2 Å². The summed E-state index contributed by atoms with van der Waals surface area (Å²) in [4.78, 5) is 55.0. The summed E-state index contributed by atoms with van der Waals surface area (Å²) in [5.41, 5.74) is 1.02. The highest BCUT2D eigenvalue weighted by Crippen LogP contribution is 2.74. The van der Waals surface area contributed by atoms with Crippen molar-refractivity contribution >= 4 is 64.2 Å². The second-order valence-electron chi connectivity index (χ2n) is 18.6. The van der Waals surface area contributed by atoms with E-state index in [-0.39, 0.29) is 49.1 Å². The minimum Gasteiger partial charge on any atom is -0.495 e. The normalized spacial score (nSPS) is 26.0. The average molecular weight is 998 g/mol. The first-order valence-electron chi connectivity index (χ1n) is 23.6. The lowest BCUT2D eigenvalue weighted by Crippen LogP contribution is -2.57. The van der Waals surface area contributed by atoms with Crippen molar-refractivity contribution in [2.45, 2.75) is 134 Å². The number of anilines is 1. The predicted molar refractivity (Wildman–Crippen MR) is 258 cm³/mol. The van der Waals surface area contributed by atoms with Gasteiger partial charge < -0.3 is 39.6 Å². The molecule has 3 fully saturated rings. The van der Waals surface area contributed by atoms with Gasteiger partial charge in [0, 0.05) is 40.8 Å². The molecule has 19 heteroatoms. The molecule has 2 aliphatic heterocycles. The summed E-state index contributed by atoms with van der Waals surface area (Å²) in [6.45, 7) is 7.43. The summed E-state index contributed by atoms with van der Waals surface area (Å²) in [5, 5.41) is 11.1. The summed E-state index contributed by atoms with van der Waals surface area (Å²) in [6.07, 6.45) is 7.73. The fourth-order valence-electron chi connectivity index (χ4n) is 9.78. The number of hydrogen-bond donors (Lipinski definition) is 3. The lowest BCUT2D eigenvalue weighted by Gasteiger charge is -2.34. The van der Waals surface area contributed by atoms with Gasteiger partial charge in [-0.15, -0.1) is 11.3 Å². The first-order valence-corrected chi connectivity index (χ1v) is 26.7. The Kier molecular flexibility index (Phi) is 15.3. The van der Waals surface area contributed by atoms with Gasteiger partial charge in [0.15, 0.2) is 5.13 Å². The summed E-state index contributed by atoms with van der Waals surface area (Å²) >= 11 is 8.33. The molecule has 14 nitrogen and oxygen atoms in total. The van der Waals surface area contributed by atoms with Crippen LogP contribution in [-0.4, -0.2) is 88.7 Å². The Bertz CT molecular complexity index is 2580. The molecule has 8 rings (SSSR count). The fourth-order valence-corrected chi connectivity index (χ4v) is 14.0. The van der Waals surface area contributed by atoms with Crippen LogP contribution in [0.25, 0.3) is 22.3 Å². The number of benzene rings is 2. The van der Waals surface area contributed by atoms with Crippen LogP contribution in [0.4, 0.5) is 18.7 Å². The van der Waals surface area contributed by atoms with E-state index < -0.39 is 78.0 Å². The molecule has 7 atom stereocenters. The molecule has 3 N–H and O–H groups in total. The second-order valence-corrected chi connectivity index (χ2v) is 22.6. The van der Waals surface area contributed by atoms with Gasteiger partial charge in [-0.3, -0.25) is 14.2 Å². The largest absolute Gasteiger partial charge is 0.495 e. The summed E-state index contributed by atoms with van der Waals surface area (Å²) < 4.78 is 70.2. The third-order valence-electron chi connectivity index (χ3n) is 13.4. The Hall–Kier alpha value is -4.83. The van der Waals surface area contributed by atoms with Crippen molar-refractivity contribution in [1.29, 1.82) is 0 Å². The number of alkyl carbamates (subject to hydrolysis) is 1. The van der Waals surface area contributed by atoms with E-state index in [1.807, 2.05) is 38.3 Å². The van der Waals surface area contributed by atoms with E-state index >= 15 is 22.9 Å². The highest BCUT2D eigenvalue weighted by Gasteiger charge is 2.67. The number of fused-ring (bicyclic) bond motifs is 3. The number of rotatable bonds is 13. The molecule has 2 saturated carbocycles. The molecular formula is C49H60ClF2N6O8PS. The molecule has 2 aromatic heterocycles. The maximum Gasteiger partial charge on any atom is 0.408 e. The number of nitrogens with zero attached hydrogens (tertiary/aromatic N) is 3. The van der Waals surface area contributed by atoms with Gasteiger partial charge in [-0.1, -0.05) is 43.2 Å². The lowest BCUT2D eigenvalue weighted by molar-refractivity contribution is -0.141. The Morgan fingerprint density at radius 2 is 1.79 bits per heavy atom. The van der Waals surface area contributed by atoms with Crippen molar-refractivity contribution < 1.29 is 46.5 Å². The zero-order valence-electron chi connectivity index (χ0n) is 39.0. The summed E-state index contributed by atoms with van der Waals surface area (Å²) in [6, 6.07) is 6.51. The van der Waals surface area contributed by atoms with E-state index in [0.29, 0.717) is 51.8 Å². The Balaban J connectivity index is 1.18. The SMILES string of the molecule is CCOP(=O)(Cc1c(F)cccc1F)[C@@]12C[C@H]1/C=C\CCCC[C@@H](C)[C@H](NC(=O)OC1CCCC1)C(=O)N1C[C@H](Oc3cc(-c4csc(NC(C)C)n4)nc4c(Cl)c(OC)ccc34)C[C@H]1C(=O)N2. The third kappa shape index (κ3) is 10.5. The molecule has 4 aliphatic rings. The molecule has 4 aromatic rings.